The second-order valence-electron chi connectivity index (χ2n) is 11.3. The van der Waals surface area contributed by atoms with Crippen LogP contribution in [0.25, 0.3) is 0 Å². The van der Waals surface area contributed by atoms with Gasteiger partial charge in [0.1, 0.15) is 0 Å². The maximum absolute atomic E-state index is 11.4. The van der Waals surface area contributed by atoms with Crippen LogP contribution in [0.15, 0.2) is 0 Å². The standard InChI is InChI=1S/C26H51N3O5/c1-20-23(31)10-9-22(29-20)8-6-4-3-5-7-21(18-30)11-12-26(34,17-24(32)33)19-28-25(2)13-15-27-16-14-25/h20-23,27-31,34H,3-19H2,1-2H3,(H,32,33)/t20-,21-,22+,23+,26+/m0/s1. The van der Waals surface area contributed by atoms with Crippen molar-refractivity contribution in [2.24, 2.45) is 5.92 Å². The molecule has 0 aliphatic carbocycles. The van der Waals surface area contributed by atoms with E-state index in [1.54, 1.807) is 0 Å². The topological polar surface area (TPSA) is 134 Å². The van der Waals surface area contributed by atoms with E-state index >= 15 is 0 Å². The summed E-state index contributed by atoms with van der Waals surface area (Å²) in [5.41, 5.74) is -1.38. The third-order valence-electron chi connectivity index (χ3n) is 8.11. The number of piperidine rings is 2. The first-order valence-electron chi connectivity index (χ1n) is 13.6. The van der Waals surface area contributed by atoms with Gasteiger partial charge in [0.25, 0.3) is 0 Å². The molecular formula is C26H51N3O5. The van der Waals surface area contributed by atoms with Crippen LogP contribution in [0.4, 0.5) is 0 Å². The summed E-state index contributed by atoms with van der Waals surface area (Å²) in [4.78, 5) is 11.4. The number of carboxylic acids is 1. The molecule has 0 aromatic rings. The first kappa shape index (κ1) is 29.5. The minimum atomic E-state index is -1.30. The summed E-state index contributed by atoms with van der Waals surface area (Å²) < 4.78 is 0. The molecule has 200 valence electrons. The summed E-state index contributed by atoms with van der Waals surface area (Å²) >= 11 is 0. The van der Waals surface area contributed by atoms with Gasteiger partial charge in [-0.3, -0.25) is 4.79 Å². The molecule has 0 radical (unpaired) electrons. The molecule has 2 rings (SSSR count). The number of hydrogen-bond acceptors (Lipinski definition) is 7. The van der Waals surface area contributed by atoms with Crippen molar-refractivity contribution in [1.82, 2.24) is 16.0 Å². The zero-order chi connectivity index (χ0) is 25.0. The number of hydrogen-bond donors (Lipinski definition) is 7. The summed E-state index contributed by atoms with van der Waals surface area (Å²) in [5, 5.41) is 50.4. The predicted octanol–water partition coefficient (Wildman–Crippen LogP) is 2.15. The van der Waals surface area contributed by atoms with E-state index in [2.05, 4.69) is 22.9 Å². The minimum Gasteiger partial charge on any atom is -0.481 e. The Balaban J connectivity index is 1.66. The Labute approximate surface area is 206 Å². The Morgan fingerprint density at radius 1 is 1.15 bits per heavy atom. The maximum atomic E-state index is 11.4. The molecule has 8 nitrogen and oxygen atoms in total. The lowest BCUT2D eigenvalue weighted by atomic mass is 9.85. The third-order valence-corrected chi connectivity index (χ3v) is 8.11. The molecular weight excluding hydrogens is 434 g/mol. The molecule has 34 heavy (non-hydrogen) atoms. The molecule has 7 N–H and O–H groups in total. The molecule has 5 atom stereocenters. The molecule has 2 fully saturated rings. The van der Waals surface area contributed by atoms with Gasteiger partial charge < -0.3 is 36.4 Å². The van der Waals surface area contributed by atoms with Crippen LogP contribution >= 0.6 is 0 Å². The van der Waals surface area contributed by atoms with Crippen molar-refractivity contribution in [2.45, 2.75) is 127 Å². The summed E-state index contributed by atoms with van der Waals surface area (Å²) in [7, 11) is 0. The fraction of sp³-hybridized carbons (Fsp3) is 0.962. The number of rotatable bonds is 16. The van der Waals surface area contributed by atoms with Crippen LogP contribution in [0, 0.1) is 5.92 Å². The quantitative estimate of drug-likeness (QED) is 0.165. The summed E-state index contributed by atoms with van der Waals surface area (Å²) in [6.07, 6.45) is 10.9. The van der Waals surface area contributed by atoms with E-state index in [1.165, 1.54) is 6.42 Å². The highest BCUT2D eigenvalue weighted by Crippen LogP contribution is 2.26. The van der Waals surface area contributed by atoms with Gasteiger partial charge in [-0.1, -0.05) is 25.7 Å². The molecule has 2 aliphatic heterocycles. The Morgan fingerprint density at radius 2 is 1.85 bits per heavy atom. The lowest BCUT2D eigenvalue weighted by Crippen LogP contribution is -2.55. The molecule has 2 aliphatic rings. The Morgan fingerprint density at radius 3 is 2.50 bits per heavy atom. The average Bonchev–Trinajstić information content (AvgIpc) is 2.79. The van der Waals surface area contributed by atoms with Crippen molar-refractivity contribution in [3.05, 3.63) is 0 Å². The molecule has 0 amide bonds. The second kappa shape index (κ2) is 14.7. The van der Waals surface area contributed by atoms with Crippen LogP contribution in [0.5, 0.6) is 0 Å². The van der Waals surface area contributed by atoms with Crippen LogP contribution in [-0.4, -0.2) is 82.0 Å². The highest BCUT2D eigenvalue weighted by atomic mass is 16.4. The van der Waals surface area contributed by atoms with Crippen molar-refractivity contribution in [2.75, 3.05) is 26.2 Å². The SMILES string of the molecule is C[C@@H]1N[C@H](CCCCCC[C@H](CO)CC[C@](O)(CNC2(C)CCNCC2)CC(=O)O)CC[C@H]1O. The first-order valence-corrected chi connectivity index (χ1v) is 13.6. The van der Waals surface area contributed by atoms with Gasteiger partial charge in [-0.25, -0.2) is 0 Å². The van der Waals surface area contributed by atoms with Gasteiger partial charge in [0, 0.05) is 30.8 Å². The molecule has 0 spiro atoms. The zero-order valence-corrected chi connectivity index (χ0v) is 21.5. The largest absolute Gasteiger partial charge is 0.481 e. The molecule has 2 saturated heterocycles. The Bertz CT molecular complexity index is 587. The van der Waals surface area contributed by atoms with Gasteiger partial charge in [0.15, 0.2) is 0 Å². The minimum absolute atomic E-state index is 0.0756. The molecule has 0 bridgehead atoms. The fourth-order valence-electron chi connectivity index (χ4n) is 5.45. The van der Waals surface area contributed by atoms with Crippen molar-refractivity contribution >= 4 is 5.97 Å². The highest BCUT2D eigenvalue weighted by Gasteiger charge is 2.34. The van der Waals surface area contributed by atoms with Crippen molar-refractivity contribution in [3.63, 3.8) is 0 Å². The number of aliphatic hydroxyl groups is 3. The predicted molar refractivity (Wildman–Crippen MR) is 135 cm³/mol. The summed E-state index contributed by atoms with van der Waals surface area (Å²) in [5.74, 6) is -0.895. The van der Waals surface area contributed by atoms with Crippen molar-refractivity contribution < 1.29 is 25.2 Å². The number of nitrogens with one attached hydrogen (secondary N) is 3. The number of β-amino-alcohol motifs (C(OH)–C–C–N with tert-alkyl or cyclic N) is 1. The highest BCUT2D eigenvalue weighted by molar-refractivity contribution is 5.68. The van der Waals surface area contributed by atoms with Crippen LogP contribution < -0.4 is 16.0 Å². The molecule has 0 saturated carbocycles. The lowest BCUT2D eigenvalue weighted by molar-refractivity contribution is -0.143. The van der Waals surface area contributed by atoms with Gasteiger partial charge >= 0.3 is 5.97 Å². The Hall–Kier alpha value is -0.770. The zero-order valence-electron chi connectivity index (χ0n) is 21.5. The number of carboxylic acid groups (broad SMARTS) is 1. The van der Waals surface area contributed by atoms with Crippen molar-refractivity contribution in [1.29, 1.82) is 0 Å². The van der Waals surface area contributed by atoms with Gasteiger partial charge in [0.05, 0.1) is 18.1 Å². The third kappa shape index (κ3) is 10.9. The van der Waals surface area contributed by atoms with Crippen LogP contribution in [0.3, 0.4) is 0 Å². The van der Waals surface area contributed by atoms with Crippen LogP contribution in [0.1, 0.15) is 97.3 Å². The first-order chi connectivity index (χ1) is 16.1. The van der Waals surface area contributed by atoms with Gasteiger partial charge in [-0.15, -0.1) is 0 Å². The molecule has 0 aromatic heterocycles. The van der Waals surface area contributed by atoms with Gasteiger partial charge in [0.2, 0.25) is 0 Å². The second-order valence-corrected chi connectivity index (χ2v) is 11.3. The molecule has 0 aromatic carbocycles. The van der Waals surface area contributed by atoms with Crippen LogP contribution in [0.2, 0.25) is 0 Å². The lowest BCUT2D eigenvalue weighted by Gasteiger charge is -2.39. The van der Waals surface area contributed by atoms with Gasteiger partial charge in [-0.2, -0.15) is 0 Å². The smallest absolute Gasteiger partial charge is 0.306 e. The molecule has 0 unspecified atom stereocenters. The fourth-order valence-corrected chi connectivity index (χ4v) is 5.45. The van der Waals surface area contributed by atoms with Crippen LogP contribution in [-0.2, 0) is 4.79 Å². The van der Waals surface area contributed by atoms with Crippen molar-refractivity contribution in [3.8, 4) is 0 Å². The monoisotopic (exact) mass is 485 g/mol. The number of aliphatic carboxylic acids is 1. The maximum Gasteiger partial charge on any atom is 0.306 e. The van der Waals surface area contributed by atoms with E-state index in [1.807, 2.05) is 6.92 Å². The number of unbranched alkanes of at least 4 members (excludes halogenated alkanes) is 3. The molecule has 2 heterocycles. The Kier molecular flexibility index (Phi) is 12.7. The average molecular weight is 486 g/mol. The number of aliphatic hydroxyl groups excluding tert-OH is 2. The molecule has 8 heteroatoms. The number of carbonyl (C=O) groups is 1. The summed E-state index contributed by atoms with van der Waals surface area (Å²) in [6, 6.07) is 0.692. The van der Waals surface area contributed by atoms with E-state index in [4.69, 9.17) is 0 Å². The normalized spacial score (nSPS) is 27.7. The van der Waals surface area contributed by atoms with Gasteiger partial charge in [-0.05, 0) is 84.2 Å². The van der Waals surface area contributed by atoms with E-state index < -0.39 is 11.6 Å². The van der Waals surface area contributed by atoms with E-state index in [0.717, 1.165) is 70.9 Å². The van der Waals surface area contributed by atoms with E-state index in [9.17, 15) is 25.2 Å². The van der Waals surface area contributed by atoms with E-state index in [0.29, 0.717) is 18.9 Å². The summed E-state index contributed by atoms with van der Waals surface area (Å²) in [6.45, 7) is 6.37. The van der Waals surface area contributed by atoms with E-state index in [-0.39, 0.29) is 43.2 Å².